The summed E-state index contributed by atoms with van der Waals surface area (Å²) in [5, 5.41) is 9.33. The quantitative estimate of drug-likeness (QED) is 0.908. The molecule has 0 aliphatic carbocycles. The van der Waals surface area contributed by atoms with E-state index in [0.717, 1.165) is 12.8 Å². The van der Waals surface area contributed by atoms with Gasteiger partial charge in [-0.25, -0.2) is 4.79 Å². The summed E-state index contributed by atoms with van der Waals surface area (Å²) in [5.41, 5.74) is 0.682. The van der Waals surface area contributed by atoms with E-state index < -0.39 is 12.1 Å². The topological polar surface area (TPSA) is 55.8 Å². The molecule has 4 nitrogen and oxygen atoms in total. The lowest BCUT2D eigenvalue weighted by Crippen LogP contribution is -2.36. The minimum atomic E-state index is -0.946. The van der Waals surface area contributed by atoms with Gasteiger partial charge in [0.2, 0.25) is 0 Å². The van der Waals surface area contributed by atoms with Gasteiger partial charge < -0.3 is 14.6 Å². The summed E-state index contributed by atoms with van der Waals surface area (Å²) in [6.45, 7) is 3.98. The fraction of sp³-hybridized carbons (Fsp3) is 0.533. The van der Waals surface area contributed by atoms with Crippen molar-refractivity contribution in [2.45, 2.75) is 51.1 Å². The zero-order valence-corrected chi connectivity index (χ0v) is 11.3. The number of hydrogen-bond donors (Lipinski definition) is 1. The number of rotatable bonds is 4. The number of hydrogen-bond acceptors (Lipinski definition) is 3. The van der Waals surface area contributed by atoms with Crippen LogP contribution in [0.4, 0.5) is 0 Å². The lowest BCUT2D eigenvalue weighted by Gasteiger charge is -2.33. The van der Waals surface area contributed by atoms with E-state index in [1.807, 2.05) is 32.0 Å². The summed E-state index contributed by atoms with van der Waals surface area (Å²) >= 11 is 0. The van der Waals surface area contributed by atoms with Crippen LogP contribution in [0.2, 0.25) is 0 Å². The molecule has 1 heterocycles. The van der Waals surface area contributed by atoms with Crippen molar-refractivity contribution in [2.24, 2.45) is 0 Å². The summed E-state index contributed by atoms with van der Waals surface area (Å²) in [6.07, 6.45) is 0.726. The van der Waals surface area contributed by atoms with E-state index in [2.05, 4.69) is 0 Å². The first kappa shape index (κ1) is 14.0. The molecule has 1 aliphatic rings. The number of benzene rings is 1. The Morgan fingerprint density at radius 1 is 1.26 bits per heavy atom. The van der Waals surface area contributed by atoms with Gasteiger partial charge in [-0.05, 0) is 32.3 Å². The number of carboxylic acids is 1. The van der Waals surface area contributed by atoms with Crippen LogP contribution in [-0.2, 0) is 14.3 Å². The Hall–Kier alpha value is -1.39. The van der Waals surface area contributed by atoms with Crippen molar-refractivity contribution in [2.75, 3.05) is 0 Å². The molecule has 1 aliphatic heterocycles. The number of aliphatic carboxylic acids is 1. The molecule has 0 saturated carbocycles. The molecule has 1 aromatic rings. The van der Waals surface area contributed by atoms with Crippen LogP contribution in [0.3, 0.4) is 0 Å². The predicted molar refractivity (Wildman–Crippen MR) is 70.9 cm³/mol. The van der Waals surface area contributed by atoms with E-state index in [-0.39, 0.29) is 18.3 Å². The molecule has 0 amide bonds. The monoisotopic (exact) mass is 264 g/mol. The zero-order chi connectivity index (χ0) is 13.8. The molecule has 2 rings (SSSR count). The first-order valence-electron chi connectivity index (χ1n) is 6.65. The van der Waals surface area contributed by atoms with E-state index in [4.69, 9.17) is 9.47 Å². The molecule has 0 aromatic heterocycles. The van der Waals surface area contributed by atoms with Gasteiger partial charge in [0.1, 0.15) is 0 Å². The first-order valence-corrected chi connectivity index (χ1v) is 6.65. The van der Waals surface area contributed by atoms with Gasteiger partial charge >= 0.3 is 5.97 Å². The molecule has 0 radical (unpaired) electrons. The zero-order valence-electron chi connectivity index (χ0n) is 11.3. The molecule has 0 spiro atoms. The Labute approximate surface area is 113 Å². The number of carbonyl (C=O) groups is 1. The SMILES string of the molecule is CC1CC(OC(C(=O)O)c2ccccc2)CC(C)O1. The van der Waals surface area contributed by atoms with Gasteiger partial charge in [0, 0.05) is 0 Å². The van der Waals surface area contributed by atoms with Crippen molar-refractivity contribution in [1.29, 1.82) is 0 Å². The van der Waals surface area contributed by atoms with Crippen molar-refractivity contribution in [3.8, 4) is 0 Å². The molecule has 1 N–H and O–H groups in total. The summed E-state index contributed by atoms with van der Waals surface area (Å²) in [6, 6.07) is 9.07. The lowest BCUT2D eigenvalue weighted by atomic mass is 10.0. The Bertz CT molecular complexity index is 407. The highest BCUT2D eigenvalue weighted by atomic mass is 16.5. The van der Waals surface area contributed by atoms with Gasteiger partial charge in [-0.15, -0.1) is 0 Å². The van der Waals surface area contributed by atoms with Crippen LogP contribution in [0.1, 0.15) is 38.4 Å². The van der Waals surface area contributed by atoms with Gasteiger partial charge in [0.15, 0.2) is 6.10 Å². The Morgan fingerprint density at radius 3 is 2.37 bits per heavy atom. The largest absolute Gasteiger partial charge is 0.479 e. The van der Waals surface area contributed by atoms with Crippen molar-refractivity contribution in [3.63, 3.8) is 0 Å². The van der Waals surface area contributed by atoms with Gasteiger partial charge in [-0.2, -0.15) is 0 Å². The van der Waals surface area contributed by atoms with E-state index in [1.165, 1.54) is 0 Å². The fourth-order valence-corrected chi connectivity index (χ4v) is 2.56. The highest BCUT2D eigenvalue weighted by Crippen LogP contribution is 2.27. The maximum Gasteiger partial charge on any atom is 0.337 e. The van der Waals surface area contributed by atoms with Crippen LogP contribution in [-0.4, -0.2) is 29.4 Å². The smallest absolute Gasteiger partial charge is 0.337 e. The molecule has 0 bridgehead atoms. The van der Waals surface area contributed by atoms with E-state index in [0.29, 0.717) is 5.56 Å². The molecular formula is C15H20O4. The summed E-state index contributed by atoms with van der Waals surface area (Å²) in [4.78, 5) is 11.4. The van der Waals surface area contributed by atoms with Crippen molar-refractivity contribution >= 4 is 5.97 Å². The minimum absolute atomic E-state index is 0.0694. The normalized spacial score (nSPS) is 28.8. The predicted octanol–water partition coefficient (Wildman–Crippen LogP) is 2.78. The minimum Gasteiger partial charge on any atom is -0.479 e. The number of carboxylic acid groups (broad SMARTS) is 1. The van der Waals surface area contributed by atoms with Crippen LogP contribution >= 0.6 is 0 Å². The second-order valence-electron chi connectivity index (χ2n) is 5.12. The lowest BCUT2D eigenvalue weighted by molar-refractivity contribution is -0.165. The average molecular weight is 264 g/mol. The van der Waals surface area contributed by atoms with Gasteiger partial charge in [0.25, 0.3) is 0 Å². The molecule has 1 fully saturated rings. The maximum absolute atomic E-state index is 11.4. The highest BCUT2D eigenvalue weighted by Gasteiger charge is 2.30. The molecule has 4 heteroatoms. The molecule has 104 valence electrons. The molecular weight excluding hydrogens is 244 g/mol. The third kappa shape index (κ3) is 3.78. The number of ether oxygens (including phenoxy) is 2. The van der Waals surface area contributed by atoms with Crippen molar-refractivity contribution in [1.82, 2.24) is 0 Å². The third-order valence-electron chi connectivity index (χ3n) is 3.31. The Morgan fingerprint density at radius 2 is 1.84 bits per heavy atom. The highest BCUT2D eigenvalue weighted by molar-refractivity contribution is 5.74. The van der Waals surface area contributed by atoms with Gasteiger partial charge in [-0.1, -0.05) is 30.3 Å². The van der Waals surface area contributed by atoms with Crippen molar-refractivity contribution in [3.05, 3.63) is 35.9 Å². The van der Waals surface area contributed by atoms with Crippen LogP contribution in [0, 0.1) is 0 Å². The van der Waals surface area contributed by atoms with Crippen LogP contribution < -0.4 is 0 Å². The first-order chi connectivity index (χ1) is 9.06. The summed E-state index contributed by atoms with van der Waals surface area (Å²) < 4.78 is 11.4. The average Bonchev–Trinajstić information content (AvgIpc) is 2.35. The Kier molecular flexibility index (Phi) is 4.56. The van der Waals surface area contributed by atoms with Crippen molar-refractivity contribution < 1.29 is 19.4 Å². The van der Waals surface area contributed by atoms with Crippen LogP contribution in [0.5, 0.6) is 0 Å². The summed E-state index contributed by atoms with van der Waals surface area (Å²) in [5.74, 6) is -0.946. The molecule has 3 unspecified atom stereocenters. The Balaban J connectivity index is 2.07. The maximum atomic E-state index is 11.4. The van der Waals surface area contributed by atoms with E-state index >= 15 is 0 Å². The second kappa shape index (κ2) is 6.17. The molecule has 1 saturated heterocycles. The van der Waals surface area contributed by atoms with Crippen LogP contribution in [0.25, 0.3) is 0 Å². The standard InChI is InChI=1S/C15H20O4/c1-10-8-13(9-11(2)18-10)19-14(15(16)17)12-6-4-3-5-7-12/h3-7,10-11,13-14H,8-9H2,1-2H3,(H,16,17). The van der Waals surface area contributed by atoms with Gasteiger partial charge in [-0.3, -0.25) is 0 Å². The van der Waals surface area contributed by atoms with E-state index in [1.54, 1.807) is 12.1 Å². The second-order valence-corrected chi connectivity index (χ2v) is 5.12. The summed E-state index contributed by atoms with van der Waals surface area (Å²) in [7, 11) is 0. The molecule has 1 aromatic carbocycles. The van der Waals surface area contributed by atoms with Gasteiger partial charge in [0.05, 0.1) is 18.3 Å². The third-order valence-corrected chi connectivity index (χ3v) is 3.31. The fourth-order valence-electron chi connectivity index (χ4n) is 2.56. The van der Waals surface area contributed by atoms with E-state index in [9.17, 15) is 9.90 Å². The molecule has 19 heavy (non-hydrogen) atoms. The molecule has 3 atom stereocenters. The van der Waals surface area contributed by atoms with Crippen LogP contribution in [0.15, 0.2) is 30.3 Å².